The zero-order valence-corrected chi connectivity index (χ0v) is 10.4. The fraction of sp³-hybridized carbons (Fsp3) is 0.500. The molecule has 94 valence electrons. The summed E-state index contributed by atoms with van der Waals surface area (Å²) in [5.74, 6) is 0. The van der Waals surface area contributed by atoms with Crippen molar-refractivity contribution < 1.29 is 9.66 Å². The van der Waals surface area contributed by atoms with Crippen molar-refractivity contribution in [3.8, 4) is 0 Å². The third-order valence-corrected chi connectivity index (χ3v) is 2.21. The Morgan fingerprint density at radius 3 is 2.71 bits per heavy atom. The van der Waals surface area contributed by atoms with Crippen molar-refractivity contribution in [3.63, 3.8) is 0 Å². The topological polar surface area (TPSA) is 64.4 Å². The lowest BCUT2D eigenvalue weighted by molar-refractivity contribution is -0.384. The van der Waals surface area contributed by atoms with E-state index >= 15 is 0 Å². The summed E-state index contributed by atoms with van der Waals surface area (Å²) >= 11 is 0. The molecule has 1 aromatic rings. The van der Waals surface area contributed by atoms with Crippen LogP contribution in [0.3, 0.4) is 0 Å². The summed E-state index contributed by atoms with van der Waals surface area (Å²) in [7, 11) is 0. The highest BCUT2D eigenvalue weighted by atomic mass is 16.6. The lowest BCUT2D eigenvalue weighted by atomic mass is 10.2. The summed E-state index contributed by atoms with van der Waals surface area (Å²) in [5.41, 5.74) is 1.57. The highest BCUT2D eigenvalue weighted by Crippen LogP contribution is 2.25. The van der Waals surface area contributed by atoms with Gasteiger partial charge in [0.15, 0.2) is 0 Å². The maximum absolute atomic E-state index is 10.8. The molecule has 17 heavy (non-hydrogen) atoms. The van der Waals surface area contributed by atoms with Crippen molar-refractivity contribution in [2.24, 2.45) is 0 Å². The first-order valence-corrected chi connectivity index (χ1v) is 5.67. The Balaban J connectivity index is 2.89. The number of anilines is 1. The van der Waals surface area contributed by atoms with Gasteiger partial charge in [0.2, 0.25) is 0 Å². The molecule has 1 N–H and O–H groups in total. The molecule has 0 aliphatic heterocycles. The normalized spacial score (nSPS) is 10.6. The van der Waals surface area contributed by atoms with Crippen molar-refractivity contribution in [2.45, 2.75) is 33.5 Å². The summed E-state index contributed by atoms with van der Waals surface area (Å²) in [4.78, 5) is 10.4. The quantitative estimate of drug-likeness (QED) is 0.611. The number of ether oxygens (including phenoxy) is 1. The van der Waals surface area contributed by atoms with Crippen LogP contribution in [0.2, 0.25) is 0 Å². The molecule has 0 heterocycles. The molecular weight excluding hydrogens is 220 g/mol. The number of hydrogen-bond donors (Lipinski definition) is 1. The van der Waals surface area contributed by atoms with E-state index in [1.54, 1.807) is 12.1 Å². The van der Waals surface area contributed by atoms with E-state index in [9.17, 15) is 10.1 Å². The van der Waals surface area contributed by atoms with Crippen LogP contribution in [0.5, 0.6) is 0 Å². The van der Waals surface area contributed by atoms with Gasteiger partial charge < -0.3 is 10.1 Å². The van der Waals surface area contributed by atoms with Gasteiger partial charge in [0.05, 0.1) is 17.6 Å². The Kier molecular flexibility index (Phi) is 4.90. The highest BCUT2D eigenvalue weighted by molar-refractivity contribution is 5.62. The van der Waals surface area contributed by atoms with E-state index in [0.29, 0.717) is 18.8 Å². The van der Waals surface area contributed by atoms with Gasteiger partial charge in [-0.3, -0.25) is 10.1 Å². The van der Waals surface area contributed by atoms with Crippen LogP contribution >= 0.6 is 0 Å². The first-order chi connectivity index (χ1) is 8.04. The molecule has 0 atom stereocenters. The second-order valence-corrected chi connectivity index (χ2v) is 4.00. The van der Waals surface area contributed by atoms with Gasteiger partial charge in [-0.1, -0.05) is 0 Å². The molecule has 1 rings (SSSR count). The Bertz CT molecular complexity index is 391. The van der Waals surface area contributed by atoms with E-state index in [1.807, 2.05) is 20.8 Å². The molecule has 0 radical (unpaired) electrons. The molecule has 0 saturated carbocycles. The van der Waals surface area contributed by atoms with Crippen LogP contribution < -0.4 is 5.32 Å². The monoisotopic (exact) mass is 238 g/mol. The summed E-state index contributed by atoms with van der Waals surface area (Å²) < 4.78 is 5.46. The molecule has 0 amide bonds. The molecule has 0 unspecified atom stereocenters. The lowest BCUT2D eigenvalue weighted by Gasteiger charge is -2.10. The number of nitrogens with one attached hydrogen (secondary N) is 1. The van der Waals surface area contributed by atoms with Gasteiger partial charge in [0.25, 0.3) is 5.69 Å². The Morgan fingerprint density at radius 2 is 2.18 bits per heavy atom. The maximum Gasteiger partial charge on any atom is 0.292 e. The average molecular weight is 238 g/mol. The van der Waals surface area contributed by atoms with Gasteiger partial charge in [-0.15, -0.1) is 0 Å². The van der Waals surface area contributed by atoms with E-state index < -0.39 is 0 Å². The van der Waals surface area contributed by atoms with Gasteiger partial charge in [-0.2, -0.15) is 0 Å². The Morgan fingerprint density at radius 1 is 1.47 bits per heavy atom. The van der Waals surface area contributed by atoms with Gasteiger partial charge in [0.1, 0.15) is 5.69 Å². The molecule has 0 aromatic heterocycles. The fourth-order valence-corrected chi connectivity index (χ4v) is 1.43. The molecule has 0 bridgehead atoms. The molecule has 0 fully saturated rings. The van der Waals surface area contributed by atoms with Crippen molar-refractivity contribution >= 4 is 11.4 Å². The zero-order chi connectivity index (χ0) is 12.8. The Hall–Kier alpha value is -1.62. The van der Waals surface area contributed by atoms with Gasteiger partial charge in [0, 0.05) is 12.6 Å². The summed E-state index contributed by atoms with van der Waals surface area (Å²) in [6.07, 6.45) is 0.146. The van der Waals surface area contributed by atoms with Crippen LogP contribution in [0.1, 0.15) is 26.3 Å². The minimum atomic E-state index is -0.384. The van der Waals surface area contributed by atoms with Gasteiger partial charge >= 0.3 is 0 Å². The van der Waals surface area contributed by atoms with E-state index in [-0.39, 0.29) is 16.7 Å². The SMILES string of the molecule is CCNc1cc(COC(C)C)ccc1[N+](=O)[O-]. The minimum absolute atomic E-state index is 0.0974. The number of rotatable bonds is 6. The Labute approximate surface area is 101 Å². The summed E-state index contributed by atoms with van der Waals surface area (Å²) in [5, 5.41) is 13.8. The molecule has 5 heteroatoms. The van der Waals surface area contributed by atoms with Gasteiger partial charge in [-0.05, 0) is 38.5 Å². The maximum atomic E-state index is 10.8. The first kappa shape index (κ1) is 13.4. The lowest BCUT2D eigenvalue weighted by Crippen LogP contribution is -2.05. The number of benzene rings is 1. The van der Waals surface area contributed by atoms with Crippen molar-refractivity contribution in [2.75, 3.05) is 11.9 Å². The second kappa shape index (κ2) is 6.20. The van der Waals surface area contributed by atoms with Crippen LogP contribution in [0, 0.1) is 10.1 Å². The van der Waals surface area contributed by atoms with Crippen molar-refractivity contribution in [1.29, 1.82) is 0 Å². The average Bonchev–Trinajstić information content (AvgIpc) is 2.26. The predicted octanol–water partition coefficient (Wildman–Crippen LogP) is 2.95. The van der Waals surface area contributed by atoms with Crippen LogP contribution in [0.4, 0.5) is 11.4 Å². The van der Waals surface area contributed by atoms with Crippen LogP contribution in [-0.2, 0) is 11.3 Å². The second-order valence-electron chi connectivity index (χ2n) is 4.00. The van der Waals surface area contributed by atoms with Crippen molar-refractivity contribution in [1.82, 2.24) is 0 Å². The molecule has 5 nitrogen and oxygen atoms in total. The zero-order valence-electron chi connectivity index (χ0n) is 10.4. The van der Waals surface area contributed by atoms with E-state index in [4.69, 9.17) is 4.74 Å². The third-order valence-electron chi connectivity index (χ3n) is 2.21. The molecule has 0 aliphatic carbocycles. The van der Waals surface area contributed by atoms with Crippen LogP contribution in [-0.4, -0.2) is 17.6 Å². The molecule has 0 spiro atoms. The first-order valence-electron chi connectivity index (χ1n) is 5.67. The smallest absolute Gasteiger partial charge is 0.292 e. The van der Waals surface area contributed by atoms with E-state index in [1.165, 1.54) is 6.07 Å². The third kappa shape index (κ3) is 4.03. The van der Waals surface area contributed by atoms with Crippen molar-refractivity contribution in [3.05, 3.63) is 33.9 Å². The minimum Gasteiger partial charge on any atom is -0.380 e. The number of hydrogen-bond acceptors (Lipinski definition) is 4. The number of nitro benzene ring substituents is 1. The largest absolute Gasteiger partial charge is 0.380 e. The standard InChI is InChI=1S/C12H18N2O3/c1-4-13-11-7-10(8-17-9(2)3)5-6-12(11)14(15)16/h5-7,9,13H,4,8H2,1-3H3. The number of nitro groups is 1. The number of nitrogens with zero attached hydrogens (tertiary/aromatic N) is 1. The van der Waals surface area contributed by atoms with Crippen LogP contribution in [0.25, 0.3) is 0 Å². The van der Waals surface area contributed by atoms with Gasteiger partial charge in [-0.25, -0.2) is 0 Å². The molecule has 0 saturated heterocycles. The van der Waals surface area contributed by atoms with E-state index in [2.05, 4.69) is 5.32 Å². The molecule has 1 aromatic carbocycles. The van der Waals surface area contributed by atoms with E-state index in [0.717, 1.165) is 5.56 Å². The summed E-state index contributed by atoms with van der Waals surface area (Å²) in [6, 6.07) is 5.00. The van der Waals surface area contributed by atoms with Crippen LogP contribution in [0.15, 0.2) is 18.2 Å². The molecule has 0 aliphatic rings. The summed E-state index contributed by atoms with van der Waals surface area (Å²) in [6.45, 7) is 6.93. The molecular formula is C12H18N2O3. The predicted molar refractivity (Wildman–Crippen MR) is 67.2 cm³/mol. The fourth-order valence-electron chi connectivity index (χ4n) is 1.43. The highest BCUT2D eigenvalue weighted by Gasteiger charge is 2.13.